The highest BCUT2D eigenvalue weighted by Crippen LogP contribution is 2.46. The van der Waals surface area contributed by atoms with Gasteiger partial charge in [-0.15, -0.1) is 0 Å². The molecule has 0 bridgehead atoms. The van der Waals surface area contributed by atoms with Crippen molar-refractivity contribution in [2.45, 2.75) is 67.8 Å². The van der Waals surface area contributed by atoms with Crippen molar-refractivity contribution in [2.75, 3.05) is 27.4 Å². The predicted molar refractivity (Wildman–Crippen MR) is 167 cm³/mol. The first-order chi connectivity index (χ1) is 24.7. The van der Waals surface area contributed by atoms with Gasteiger partial charge in [-0.1, -0.05) is 0 Å². The molecule has 0 aliphatic carbocycles. The molecule has 10 atom stereocenters. The molecule has 10 N–H and O–H groups in total. The van der Waals surface area contributed by atoms with Crippen LogP contribution in [-0.2, 0) is 23.8 Å². The second kappa shape index (κ2) is 15.9. The number of carbonyl (C=O) groups is 2. The number of aliphatic hydroxyl groups is 7. The van der Waals surface area contributed by atoms with Gasteiger partial charge in [-0.05, 0) is 0 Å². The van der Waals surface area contributed by atoms with E-state index in [1.807, 2.05) is 0 Å². The van der Waals surface area contributed by atoms with E-state index in [4.69, 9.17) is 42.7 Å². The summed E-state index contributed by atoms with van der Waals surface area (Å²) >= 11 is 0. The lowest BCUT2D eigenvalue weighted by Crippen LogP contribution is -2.60. The van der Waals surface area contributed by atoms with Crippen molar-refractivity contribution in [2.24, 2.45) is 0 Å². The average Bonchev–Trinajstić information content (AvgIpc) is 3.11. The molecule has 0 saturated carbocycles. The Bertz CT molecular complexity index is 1740. The minimum atomic E-state index is -1.96. The topological polar surface area (TPSA) is 312 Å². The zero-order valence-electron chi connectivity index (χ0n) is 27.3. The number of hydrogen-bond acceptors (Lipinski definition) is 18. The Hall–Kier alpha value is -4.77. The second-order valence-corrected chi connectivity index (χ2v) is 11.7. The molecule has 2 saturated heterocycles. The lowest BCUT2D eigenvalue weighted by molar-refractivity contribution is -0.278. The van der Waals surface area contributed by atoms with Crippen LogP contribution in [0.4, 0.5) is 0 Å². The van der Waals surface area contributed by atoms with E-state index < -0.39 is 98.7 Å². The largest absolute Gasteiger partial charge is 0.507 e. The summed E-state index contributed by atoms with van der Waals surface area (Å²) in [6, 6.07) is 6.10. The fraction of sp³-hybridized carbons (Fsp3) is 0.469. The zero-order valence-corrected chi connectivity index (χ0v) is 27.3. The highest BCUT2D eigenvalue weighted by molar-refractivity contribution is 5.90. The van der Waals surface area contributed by atoms with Crippen molar-refractivity contribution in [1.82, 2.24) is 0 Å². The Labute approximate surface area is 292 Å². The Morgan fingerprint density at radius 1 is 0.731 bits per heavy atom. The number of carboxylic acid groups (broad SMARTS) is 1. The first kappa shape index (κ1) is 38.5. The Morgan fingerprint density at radius 3 is 1.85 bits per heavy atom. The molecule has 1 aromatic heterocycles. The summed E-state index contributed by atoms with van der Waals surface area (Å²) in [4.78, 5) is 22.7. The van der Waals surface area contributed by atoms with Crippen LogP contribution < -0.4 is 18.9 Å². The molecule has 20 nitrogen and oxygen atoms in total. The first-order valence-corrected chi connectivity index (χ1v) is 15.5. The number of aromatic hydroxyl groups is 2. The molecular weight excluding hydrogens is 704 g/mol. The molecular formula is C32H37O20+. The monoisotopic (exact) mass is 741 g/mol. The average molecular weight is 742 g/mol. The standard InChI is InChI=1S/C32H36O20/c1-45-16-3-11(4-17(46-2)23(16)38)30-18(50-32-29(44)27(42)25(40)20(52-32)10-47-22(37)8-21(35)36)7-13-14(48-30)5-12(34)6-15(13)49-31-28(43)26(41)24(39)19(9-33)51-31/h3-7,19-20,24-29,31-33,39-44H,8-10H2,1-2H3,(H2-,34,35,36,38)/p+1/t19?,20?,24-,25-,26+,27?,28?,29?,31-,32-/m1/s1. The molecule has 3 aromatic rings. The molecule has 284 valence electrons. The van der Waals surface area contributed by atoms with Gasteiger partial charge in [0.2, 0.25) is 24.1 Å². The summed E-state index contributed by atoms with van der Waals surface area (Å²) in [6.07, 6.45) is -18.5. The Kier molecular flexibility index (Phi) is 11.7. The van der Waals surface area contributed by atoms with E-state index in [0.29, 0.717) is 0 Å². The van der Waals surface area contributed by atoms with E-state index in [0.717, 1.165) is 12.1 Å². The van der Waals surface area contributed by atoms with Gasteiger partial charge in [0, 0.05) is 24.3 Å². The molecule has 0 radical (unpaired) electrons. The van der Waals surface area contributed by atoms with Crippen LogP contribution in [0.2, 0.25) is 0 Å². The number of fused-ring (bicyclic) bond motifs is 1. The van der Waals surface area contributed by atoms with Crippen molar-refractivity contribution in [3.8, 4) is 45.8 Å². The van der Waals surface area contributed by atoms with Crippen LogP contribution >= 0.6 is 0 Å². The number of methoxy groups -OCH3 is 2. The van der Waals surface area contributed by atoms with Gasteiger partial charge in [0.15, 0.2) is 11.5 Å². The maximum Gasteiger partial charge on any atom is 0.402 e. The molecule has 3 heterocycles. The summed E-state index contributed by atoms with van der Waals surface area (Å²) in [6.45, 7) is -1.51. The van der Waals surface area contributed by atoms with Crippen LogP contribution in [0.5, 0.6) is 34.5 Å². The van der Waals surface area contributed by atoms with Gasteiger partial charge in [-0.3, -0.25) is 9.59 Å². The Morgan fingerprint density at radius 2 is 1.29 bits per heavy atom. The van der Waals surface area contributed by atoms with Gasteiger partial charge in [0.25, 0.3) is 0 Å². The van der Waals surface area contributed by atoms with Gasteiger partial charge in [-0.2, -0.15) is 0 Å². The Balaban J connectivity index is 1.60. The van der Waals surface area contributed by atoms with E-state index in [1.165, 1.54) is 32.4 Å². The number of carboxylic acids is 1. The van der Waals surface area contributed by atoms with E-state index in [-0.39, 0.29) is 51.0 Å². The summed E-state index contributed by atoms with van der Waals surface area (Å²) in [5.74, 6) is -4.41. The summed E-state index contributed by atoms with van der Waals surface area (Å²) in [5, 5.41) is 103. The smallest absolute Gasteiger partial charge is 0.402 e. The number of aliphatic hydroxyl groups excluding tert-OH is 7. The number of phenols is 2. The molecule has 0 spiro atoms. The minimum absolute atomic E-state index is 0.0174. The minimum Gasteiger partial charge on any atom is -0.507 e. The number of phenolic OH excluding ortho intramolecular Hbond substituents is 2. The molecule has 2 aliphatic rings. The molecule has 2 fully saturated rings. The van der Waals surface area contributed by atoms with Crippen LogP contribution in [0.15, 0.2) is 34.7 Å². The first-order valence-electron chi connectivity index (χ1n) is 15.5. The van der Waals surface area contributed by atoms with Crippen LogP contribution in [0, 0.1) is 0 Å². The SMILES string of the molecule is COc1cc(-c2[o+]c3cc(O)cc(O[C@@H]4OC(CO)[C@@H](O)[C@H](O)C4O)c3cc2O[C@@H]2OC(COC(=O)CC(=O)O)[C@@H](O)C(O)C2O)cc(OC)c1O. The van der Waals surface area contributed by atoms with Gasteiger partial charge < -0.3 is 84.2 Å². The van der Waals surface area contributed by atoms with E-state index in [2.05, 4.69) is 0 Å². The highest BCUT2D eigenvalue weighted by atomic mass is 16.7. The molecule has 52 heavy (non-hydrogen) atoms. The van der Waals surface area contributed by atoms with Crippen molar-refractivity contribution in [3.05, 3.63) is 30.3 Å². The molecule has 2 aliphatic heterocycles. The predicted octanol–water partition coefficient (Wildman–Crippen LogP) is -1.81. The lowest BCUT2D eigenvalue weighted by Gasteiger charge is -2.39. The molecule has 20 heteroatoms. The van der Waals surface area contributed by atoms with Gasteiger partial charge in [-0.25, -0.2) is 4.42 Å². The second-order valence-electron chi connectivity index (χ2n) is 11.7. The van der Waals surface area contributed by atoms with Crippen LogP contribution in [-0.4, -0.2) is 152 Å². The number of aliphatic carboxylic acids is 1. The fourth-order valence-electron chi connectivity index (χ4n) is 5.50. The van der Waals surface area contributed by atoms with Gasteiger partial charge >= 0.3 is 23.3 Å². The number of rotatable bonds is 12. The summed E-state index contributed by atoms with van der Waals surface area (Å²) in [5.41, 5.74) is -0.00934. The lowest BCUT2D eigenvalue weighted by atomic mass is 9.99. The van der Waals surface area contributed by atoms with E-state index in [1.54, 1.807) is 0 Å². The van der Waals surface area contributed by atoms with Crippen molar-refractivity contribution >= 4 is 22.9 Å². The van der Waals surface area contributed by atoms with E-state index in [9.17, 15) is 55.5 Å². The van der Waals surface area contributed by atoms with Crippen LogP contribution in [0.1, 0.15) is 6.42 Å². The quantitative estimate of drug-likeness (QED) is 0.0556. The van der Waals surface area contributed by atoms with Crippen LogP contribution in [0.25, 0.3) is 22.3 Å². The normalized spacial score (nSPS) is 28.9. The summed E-state index contributed by atoms with van der Waals surface area (Å²) in [7, 11) is 2.52. The molecule has 5 unspecified atom stereocenters. The van der Waals surface area contributed by atoms with Crippen molar-refractivity contribution in [1.29, 1.82) is 0 Å². The third-order valence-corrected chi connectivity index (χ3v) is 8.25. The highest BCUT2D eigenvalue weighted by Gasteiger charge is 2.47. The number of ether oxygens (including phenoxy) is 7. The third kappa shape index (κ3) is 7.84. The molecule has 2 aromatic carbocycles. The van der Waals surface area contributed by atoms with E-state index >= 15 is 0 Å². The van der Waals surface area contributed by atoms with Crippen molar-refractivity contribution < 1.29 is 98.2 Å². The zero-order chi connectivity index (χ0) is 38.0. The fourth-order valence-corrected chi connectivity index (χ4v) is 5.50. The maximum atomic E-state index is 11.8. The van der Waals surface area contributed by atoms with Gasteiger partial charge in [0.05, 0.1) is 32.5 Å². The molecule has 0 amide bonds. The summed E-state index contributed by atoms with van der Waals surface area (Å²) < 4.78 is 44.4. The number of benzene rings is 2. The maximum absolute atomic E-state index is 11.8. The molecule has 5 rings (SSSR count). The number of hydrogen-bond donors (Lipinski definition) is 10. The van der Waals surface area contributed by atoms with Gasteiger partial charge in [0.1, 0.15) is 78.7 Å². The third-order valence-electron chi connectivity index (χ3n) is 8.25. The number of esters is 1. The van der Waals surface area contributed by atoms with Crippen molar-refractivity contribution in [3.63, 3.8) is 0 Å². The number of carbonyl (C=O) groups excluding carboxylic acids is 1. The van der Waals surface area contributed by atoms with Crippen LogP contribution in [0.3, 0.4) is 0 Å².